The van der Waals surface area contributed by atoms with Crippen LogP contribution < -0.4 is 15.4 Å². The number of carbonyl (C=O) groups is 1. The minimum atomic E-state index is -4.55. The summed E-state index contributed by atoms with van der Waals surface area (Å²) >= 11 is 0. The summed E-state index contributed by atoms with van der Waals surface area (Å²) in [4.78, 5) is 19.1. The molecule has 0 spiro atoms. The summed E-state index contributed by atoms with van der Waals surface area (Å²) in [5.74, 6) is -0.0502. The number of benzene rings is 1. The van der Waals surface area contributed by atoms with E-state index >= 15 is 0 Å². The van der Waals surface area contributed by atoms with Crippen molar-refractivity contribution in [2.75, 3.05) is 10.6 Å². The topological polar surface area (TPSA) is 76.1 Å². The quantitative estimate of drug-likeness (QED) is 0.878. The highest BCUT2D eigenvalue weighted by Gasteiger charge is 2.35. The molecule has 2 aromatic rings. The molecule has 2 heterocycles. The Balaban J connectivity index is 1.85. The Kier molecular flexibility index (Phi) is 3.58. The Morgan fingerprint density at radius 2 is 2.00 bits per heavy atom. The summed E-state index contributed by atoms with van der Waals surface area (Å²) in [6.07, 6.45) is -3.54. The van der Waals surface area contributed by atoms with Crippen LogP contribution in [0.4, 0.5) is 30.5 Å². The molecule has 0 saturated heterocycles. The maximum absolute atomic E-state index is 12.7. The second-order valence-corrected chi connectivity index (χ2v) is 5.67. The smallest absolute Gasteiger partial charge is 0.433 e. The van der Waals surface area contributed by atoms with Gasteiger partial charge in [0.2, 0.25) is 5.95 Å². The van der Waals surface area contributed by atoms with Crippen molar-refractivity contribution in [2.24, 2.45) is 0 Å². The normalized spacial score (nSPS) is 16.0. The molecule has 6 nitrogen and oxygen atoms in total. The van der Waals surface area contributed by atoms with Gasteiger partial charge in [-0.2, -0.15) is 13.2 Å². The van der Waals surface area contributed by atoms with E-state index < -0.39 is 17.5 Å². The van der Waals surface area contributed by atoms with Gasteiger partial charge in [0.05, 0.1) is 5.69 Å². The fourth-order valence-electron chi connectivity index (χ4n) is 2.09. The minimum Gasteiger partial charge on any atom is -0.476 e. The molecular formula is C15H13F3N4O2. The van der Waals surface area contributed by atoms with Crippen LogP contribution in [0.1, 0.15) is 19.5 Å². The third-order valence-electron chi connectivity index (χ3n) is 3.34. The van der Waals surface area contributed by atoms with Gasteiger partial charge in [0.25, 0.3) is 5.91 Å². The number of nitrogens with one attached hydrogen (secondary N) is 2. The summed E-state index contributed by atoms with van der Waals surface area (Å²) in [5.41, 5.74) is -1.21. The second-order valence-electron chi connectivity index (χ2n) is 5.67. The Morgan fingerprint density at radius 1 is 1.25 bits per heavy atom. The maximum atomic E-state index is 12.7. The van der Waals surface area contributed by atoms with E-state index in [-0.39, 0.29) is 11.9 Å². The number of nitrogens with zero attached hydrogens (tertiary/aromatic N) is 2. The number of aromatic nitrogens is 2. The first-order valence-electron chi connectivity index (χ1n) is 6.97. The van der Waals surface area contributed by atoms with Crippen LogP contribution in [0, 0.1) is 0 Å². The monoisotopic (exact) mass is 338 g/mol. The zero-order chi connectivity index (χ0) is 17.5. The maximum Gasteiger partial charge on any atom is 0.433 e. The van der Waals surface area contributed by atoms with E-state index in [0.717, 1.165) is 12.3 Å². The average molecular weight is 338 g/mol. The molecule has 1 aromatic heterocycles. The number of halogens is 3. The predicted molar refractivity (Wildman–Crippen MR) is 80.1 cm³/mol. The molecule has 0 atom stereocenters. The molecule has 0 fully saturated rings. The number of hydrogen-bond acceptors (Lipinski definition) is 5. The molecule has 1 aromatic carbocycles. The lowest BCUT2D eigenvalue weighted by atomic mass is 10.1. The standard InChI is InChI=1S/C15H13F3N4O2/c1-14(2)12(23)21-9-7-8(3-4-10(9)24-14)20-13-19-6-5-11(22-13)15(16,17)18/h3-7H,1-2H3,(H,21,23)(H,19,20,22). The van der Waals surface area contributed by atoms with Crippen molar-refractivity contribution in [1.82, 2.24) is 9.97 Å². The number of alkyl halides is 3. The van der Waals surface area contributed by atoms with Crippen LogP contribution in [0.3, 0.4) is 0 Å². The summed E-state index contributed by atoms with van der Waals surface area (Å²) < 4.78 is 43.6. The number of ether oxygens (including phenoxy) is 1. The molecule has 0 bridgehead atoms. The average Bonchev–Trinajstić information content (AvgIpc) is 2.48. The van der Waals surface area contributed by atoms with Crippen molar-refractivity contribution < 1.29 is 22.7 Å². The lowest BCUT2D eigenvalue weighted by molar-refractivity contribution is -0.141. The highest BCUT2D eigenvalue weighted by Crippen LogP contribution is 2.36. The fourth-order valence-corrected chi connectivity index (χ4v) is 2.09. The molecule has 1 amide bonds. The first-order valence-corrected chi connectivity index (χ1v) is 6.97. The highest BCUT2D eigenvalue weighted by atomic mass is 19.4. The van der Waals surface area contributed by atoms with Crippen LogP contribution in [0.5, 0.6) is 5.75 Å². The molecule has 1 aliphatic rings. The highest BCUT2D eigenvalue weighted by molar-refractivity contribution is 6.00. The van der Waals surface area contributed by atoms with Gasteiger partial charge in [-0.25, -0.2) is 9.97 Å². The van der Waals surface area contributed by atoms with Gasteiger partial charge in [0.15, 0.2) is 5.60 Å². The van der Waals surface area contributed by atoms with Gasteiger partial charge in [-0.1, -0.05) is 0 Å². The van der Waals surface area contributed by atoms with Crippen molar-refractivity contribution >= 4 is 23.2 Å². The first kappa shape index (κ1) is 16.0. The van der Waals surface area contributed by atoms with E-state index in [9.17, 15) is 18.0 Å². The van der Waals surface area contributed by atoms with Crippen LogP contribution >= 0.6 is 0 Å². The number of fused-ring (bicyclic) bond motifs is 1. The molecule has 0 unspecified atom stereocenters. The Bertz CT molecular complexity index is 806. The number of carbonyl (C=O) groups excluding carboxylic acids is 1. The largest absolute Gasteiger partial charge is 0.476 e. The molecule has 3 rings (SSSR count). The van der Waals surface area contributed by atoms with Crippen LogP contribution in [0.25, 0.3) is 0 Å². The molecule has 126 valence electrons. The summed E-state index contributed by atoms with van der Waals surface area (Å²) in [7, 11) is 0. The van der Waals surface area contributed by atoms with E-state index in [2.05, 4.69) is 20.6 Å². The molecule has 24 heavy (non-hydrogen) atoms. The van der Waals surface area contributed by atoms with Gasteiger partial charge in [0.1, 0.15) is 11.4 Å². The number of rotatable bonds is 2. The van der Waals surface area contributed by atoms with E-state index in [0.29, 0.717) is 17.1 Å². The molecule has 2 N–H and O–H groups in total. The van der Waals surface area contributed by atoms with Crippen molar-refractivity contribution in [1.29, 1.82) is 0 Å². The van der Waals surface area contributed by atoms with Crippen LogP contribution in [0.15, 0.2) is 30.5 Å². The zero-order valence-electron chi connectivity index (χ0n) is 12.7. The van der Waals surface area contributed by atoms with Gasteiger partial charge in [0, 0.05) is 11.9 Å². The molecule has 0 radical (unpaired) electrons. The van der Waals surface area contributed by atoms with Gasteiger partial charge in [-0.05, 0) is 38.1 Å². The third kappa shape index (κ3) is 3.10. The predicted octanol–water partition coefficient (Wildman–Crippen LogP) is 3.35. The fraction of sp³-hybridized carbons (Fsp3) is 0.267. The van der Waals surface area contributed by atoms with Crippen molar-refractivity contribution in [2.45, 2.75) is 25.6 Å². The second kappa shape index (κ2) is 5.36. The zero-order valence-corrected chi connectivity index (χ0v) is 12.7. The lowest BCUT2D eigenvalue weighted by Gasteiger charge is -2.31. The number of amides is 1. The Labute approximate surface area is 135 Å². The summed E-state index contributed by atoms with van der Waals surface area (Å²) in [6, 6.07) is 5.52. The number of anilines is 3. The summed E-state index contributed by atoms with van der Waals surface area (Å²) in [5, 5.41) is 5.36. The van der Waals surface area contributed by atoms with Gasteiger partial charge >= 0.3 is 6.18 Å². The number of hydrogen-bond donors (Lipinski definition) is 2. The van der Waals surface area contributed by atoms with Crippen LogP contribution in [-0.2, 0) is 11.0 Å². The lowest BCUT2D eigenvalue weighted by Crippen LogP contribution is -2.45. The SMILES string of the molecule is CC1(C)Oc2ccc(Nc3nccc(C(F)(F)F)n3)cc2NC1=O. The third-order valence-corrected chi connectivity index (χ3v) is 3.34. The molecule has 9 heteroatoms. The van der Waals surface area contributed by atoms with Gasteiger partial charge in [-0.15, -0.1) is 0 Å². The minimum absolute atomic E-state index is 0.201. The Morgan fingerprint density at radius 3 is 2.71 bits per heavy atom. The van der Waals surface area contributed by atoms with Crippen LogP contribution in [-0.4, -0.2) is 21.5 Å². The van der Waals surface area contributed by atoms with Crippen molar-refractivity contribution in [3.8, 4) is 5.75 Å². The van der Waals surface area contributed by atoms with E-state index in [1.807, 2.05) is 0 Å². The molecule has 0 saturated carbocycles. The summed E-state index contributed by atoms with van der Waals surface area (Å²) in [6.45, 7) is 3.27. The van der Waals surface area contributed by atoms with Gasteiger partial charge in [-0.3, -0.25) is 4.79 Å². The molecule has 0 aliphatic carbocycles. The van der Waals surface area contributed by atoms with E-state index in [1.54, 1.807) is 26.0 Å². The van der Waals surface area contributed by atoms with Crippen molar-refractivity contribution in [3.05, 3.63) is 36.2 Å². The Hall–Kier alpha value is -2.84. The van der Waals surface area contributed by atoms with Crippen molar-refractivity contribution in [3.63, 3.8) is 0 Å². The van der Waals surface area contributed by atoms with Gasteiger partial charge < -0.3 is 15.4 Å². The molecular weight excluding hydrogens is 325 g/mol. The van der Waals surface area contributed by atoms with E-state index in [4.69, 9.17) is 4.74 Å². The molecule has 1 aliphatic heterocycles. The van der Waals surface area contributed by atoms with E-state index in [1.165, 1.54) is 6.07 Å². The first-order chi connectivity index (χ1) is 11.1. The van der Waals surface area contributed by atoms with Crippen LogP contribution in [0.2, 0.25) is 0 Å².